The van der Waals surface area contributed by atoms with Crippen LogP contribution in [-0.2, 0) is 19.1 Å². The van der Waals surface area contributed by atoms with Crippen molar-refractivity contribution in [1.82, 2.24) is 0 Å². The number of hydrogen-bond acceptors (Lipinski definition) is 4. The first-order chi connectivity index (χ1) is 11.4. The summed E-state index contributed by atoms with van der Waals surface area (Å²) in [5, 5.41) is 0. The average molecular weight is 392 g/mol. The summed E-state index contributed by atoms with van der Waals surface area (Å²) >= 11 is 3.50. The van der Waals surface area contributed by atoms with Gasteiger partial charge < -0.3 is 14.4 Å². The molecule has 0 aromatic heterocycles. The third kappa shape index (κ3) is 2.16. The van der Waals surface area contributed by atoms with Crippen LogP contribution in [0.25, 0.3) is 0 Å². The van der Waals surface area contributed by atoms with Crippen molar-refractivity contribution >= 4 is 33.5 Å². The lowest BCUT2D eigenvalue weighted by atomic mass is 9.77. The van der Waals surface area contributed by atoms with Crippen molar-refractivity contribution in [3.05, 3.63) is 40.9 Å². The van der Waals surface area contributed by atoms with E-state index in [1.54, 1.807) is 18.7 Å². The van der Waals surface area contributed by atoms with Gasteiger partial charge in [-0.05, 0) is 41.9 Å². The van der Waals surface area contributed by atoms with E-state index in [0.29, 0.717) is 6.54 Å². The number of fused-ring (bicyclic) bond motifs is 1. The fourth-order valence-corrected chi connectivity index (χ4v) is 4.45. The van der Waals surface area contributed by atoms with Gasteiger partial charge in [0.15, 0.2) is 0 Å². The Labute approximate surface area is 148 Å². The van der Waals surface area contributed by atoms with Gasteiger partial charge in [-0.2, -0.15) is 0 Å². The molecule has 4 rings (SSSR count). The molecule has 24 heavy (non-hydrogen) atoms. The maximum absolute atomic E-state index is 13.1. The lowest BCUT2D eigenvalue weighted by molar-refractivity contribution is -0.156. The lowest BCUT2D eigenvalue weighted by Gasteiger charge is -2.23. The number of benzene rings is 1. The van der Waals surface area contributed by atoms with Crippen molar-refractivity contribution in [3.8, 4) is 0 Å². The Hall–Kier alpha value is -1.66. The number of hydrogen-bond donors (Lipinski definition) is 0. The van der Waals surface area contributed by atoms with Crippen molar-refractivity contribution in [2.45, 2.75) is 31.7 Å². The monoisotopic (exact) mass is 391 g/mol. The van der Waals surface area contributed by atoms with Crippen molar-refractivity contribution in [1.29, 1.82) is 0 Å². The number of halogens is 1. The number of carbonyl (C=O) groups excluding carboxylic acids is 2. The van der Waals surface area contributed by atoms with Gasteiger partial charge in [0, 0.05) is 4.47 Å². The van der Waals surface area contributed by atoms with Gasteiger partial charge in [0.25, 0.3) is 0 Å². The Balaban J connectivity index is 1.69. The zero-order valence-electron chi connectivity index (χ0n) is 13.4. The molecule has 3 aliphatic heterocycles. The van der Waals surface area contributed by atoms with Crippen LogP contribution in [-0.4, -0.2) is 36.2 Å². The zero-order valence-corrected chi connectivity index (χ0v) is 15.0. The highest BCUT2D eigenvalue weighted by Gasteiger charge is 2.67. The first-order valence-electron chi connectivity index (χ1n) is 8.06. The smallest absolute Gasteiger partial charge is 0.313 e. The molecule has 3 heterocycles. The molecule has 4 atom stereocenters. The van der Waals surface area contributed by atoms with E-state index in [-0.39, 0.29) is 24.1 Å². The van der Waals surface area contributed by atoms with E-state index in [0.717, 1.165) is 10.2 Å². The standard InChI is InChI=1S/C18H18BrNO4/c1-10(2)23-17(22)14-13-7-8-18(24-13)9-20(16(21)15(14)18)12-6-4-3-5-11(12)19/h3-8,10,13-15H,9H2,1-2H3/t13-,14+,15-,18-/m0/s1. The first kappa shape index (κ1) is 15.8. The molecule has 2 saturated heterocycles. The number of amides is 1. The average Bonchev–Trinajstić information content (AvgIpc) is 3.15. The summed E-state index contributed by atoms with van der Waals surface area (Å²) in [6.07, 6.45) is 3.24. The second kappa shape index (κ2) is 5.43. The summed E-state index contributed by atoms with van der Waals surface area (Å²) in [6.45, 7) is 4.03. The summed E-state index contributed by atoms with van der Waals surface area (Å²) in [4.78, 5) is 27.3. The second-order valence-electron chi connectivity index (χ2n) is 6.76. The van der Waals surface area contributed by atoms with Crippen LogP contribution in [0.3, 0.4) is 0 Å². The van der Waals surface area contributed by atoms with E-state index < -0.39 is 17.4 Å². The topological polar surface area (TPSA) is 55.8 Å². The molecule has 1 amide bonds. The highest BCUT2D eigenvalue weighted by atomic mass is 79.9. The Kier molecular flexibility index (Phi) is 3.58. The van der Waals surface area contributed by atoms with Crippen molar-refractivity contribution in [2.24, 2.45) is 11.8 Å². The van der Waals surface area contributed by atoms with Crippen molar-refractivity contribution < 1.29 is 19.1 Å². The van der Waals surface area contributed by atoms with Crippen molar-refractivity contribution in [2.75, 3.05) is 11.4 Å². The predicted octanol–water partition coefficient (Wildman–Crippen LogP) is 2.69. The summed E-state index contributed by atoms with van der Waals surface area (Å²) < 4.78 is 12.3. The summed E-state index contributed by atoms with van der Waals surface area (Å²) in [5.41, 5.74) is 0.0697. The largest absolute Gasteiger partial charge is 0.463 e. The van der Waals surface area contributed by atoms with Crippen LogP contribution in [0.1, 0.15) is 13.8 Å². The molecule has 5 nitrogen and oxygen atoms in total. The molecule has 126 valence electrons. The number of rotatable bonds is 3. The van der Waals surface area contributed by atoms with Crippen LogP contribution in [0.15, 0.2) is 40.9 Å². The van der Waals surface area contributed by atoms with E-state index in [4.69, 9.17) is 9.47 Å². The molecule has 1 aromatic carbocycles. The zero-order chi connectivity index (χ0) is 17.1. The van der Waals surface area contributed by atoms with Gasteiger partial charge >= 0.3 is 5.97 Å². The van der Waals surface area contributed by atoms with E-state index in [2.05, 4.69) is 15.9 Å². The van der Waals surface area contributed by atoms with Gasteiger partial charge in [-0.15, -0.1) is 0 Å². The second-order valence-corrected chi connectivity index (χ2v) is 7.62. The summed E-state index contributed by atoms with van der Waals surface area (Å²) in [6, 6.07) is 7.57. The maximum Gasteiger partial charge on any atom is 0.313 e. The molecule has 0 radical (unpaired) electrons. The minimum Gasteiger partial charge on any atom is -0.463 e. The van der Waals surface area contributed by atoms with Crippen LogP contribution in [0.4, 0.5) is 5.69 Å². The molecule has 6 heteroatoms. The third-order valence-corrected chi connectivity index (χ3v) is 5.54. The van der Waals surface area contributed by atoms with E-state index in [1.165, 1.54) is 0 Å². The van der Waals surface area contributed by atoms with Gasteiger partial charge in [-0.1, -0.05) is 24.3 Å². The Bertz CT molecular complexity index is 746. The van der Waals surface area contributed by atoms with E-state index in [9.17, 15) is 9.59 Å². The Morgan fingerprint density at radius 2 is 2.17 bits per heavy atom. The van der Waals surface area contributed by atoms with Crippen LogP contribution in [0.5, 0.6) is 0 Å². The number of esters is 1. The molecule has 0 aliphatic carbocycles. The normalized spacial score (nSPS) is 33.4. The van der Waals surface area contributed by atoms with Crippen LogP contribution in [0.2, 0.25) is 0 Å². The number of nitrogens with zero attached hydrogens (tertiary/aromatic N) is 1. The minimum atomic E-state index is -0.725. The van der Waals surface area contributed by atoms with E-state index in [1.807, 2.05) is 36.4 Å². The molecule has 3 aliphatic rings. The highest BCUT2D eigenvalue weighted by molar-refractivity contribution is 9.10. The van der Waals surface area contributed by atoms with Gasteiger partial charge in [0.2, 0.25) is 5.91 Å². The molecule has 0 saturated carbocycles. The quantitative estimate of drug-likeness (QED) is 0.587. The lowest BCUT2D eigenvalue weighted by Crippen LogP contribution is -2.40. The molecule has 2 fully saturated rings. The fraction of sp³-hybridized carbons (Fsp3) is 0.444. The number of anilines is 1. The summed E-state index contributed by atoms with van der Waals surface area (Å²) in [7, 11) is 0. The van der Waals surface area contributed by atoms with Crippen LogP contribution < -0.4 is 4.90 Å². The molecule has 1 aromatic rings. The van der Waals surface area contributed by atoms with Crippen molar-refractivity contribution in [3.63, 3.8) is 0 Å². The van der Waals surface area contributed by atoms with Gasteiger partial charge in [0.05, 0.1) is 30.4 Å². The minimum absolute atomic E-state index is 0.0838. The van der Waals surface area contributed by atoms with Crippen LogP contribution >= 0.6 is 15.9 Å². The fourth-order valence-electron chi connectivity index (χ4n) is 3.95. The highest BCUT2D eigenvalue weighted by Crippen LogP contribution is 2.53. The van der Waals surface area contributed by atoms with Gasteiger partial charge in [-0.3, -0.25) is 9.59 Å². The maximum atomic E-state index is 13.1. The van der Waals surface area contributed by atoms with E-state index >= 15 is 0 Å². The summed E-state index contributed by atoms with van der Waals surface area (Å²) in [5.74, 6) is -1.53. The SMILES string of the molecule is CC(C)OC(=O)[C@@H]1[C@@H]2C=C[C@@]3(CN(c4ccccc4Br)C(=O)[C@H]13)O2. The first-order valence-corrected chi connectivity index (χ1v) is 8.86. The molecular weight excluding hydrogens is 374 g/mol. The molecule has 2 bridgehead atoms. The van der Waals surface area contributed by atoms with Gasteiger partial charge in [-0.25, -0.2) is 0 Å². The predicted molar refractivity (Wildman–Crippen MR) is 91.4 cm³/mol. The number of para-hydroxylation sites is 1. The molecule has 1 spiro atoms. The number of ether oxygens (including phenoxy) is 2. The molecule has 0 N–H and O–H groups in total. The van der Waals surface area contributed by atoms with Crippen LogP contribution in [0, 0.1) is 11.8 Å². The molecule has 0 unspecified atom stereocenters. The Morgan fingerprint density at radius 3 is 2.88 bits per heavy atom. The van der Waals surface area contributed by atoms with Gasteiger partial charge in [0.1, 0.15) is 11.5 Å². The Morgan fingerprint density at radius 1 is 1.42 bits per heavy atom. The third-order valence-electron chi connectivity index (χ3n) is 4.87. The molecular formula is C18H18BrNO4. The number of carbonyl (C=O) groups is 2.